The highest BCUT2D eigenvalue weighted by Gasteiger charge is 2.10. The van der Waals surface area contributed by atoms with E-state index in [0.29, 0.717) is 11.3 Å². The maximum absolute atomic E-state index is 10.8. The first-order valence-corrected chi connectivity index (χ1v) is 6.05. The van der Waals surface area contributed by atoms with Crippen LogP contribution in [0.4, 0.5) is 0 Å². The second-order valence-electron chi connectivity index (χ2n) is 3.68. The highest BCUT2D eigenvalue weighted by molar-refractivity contribution is 9.10. The van der Waals surface area contributed by atoms with E-state index >= 15 is 0 Å². The summed E-state index contributed by atoms with van der Waals surface area (Å²) in [4.78, 5) is 10.8. The molecule has 0 aliphatic carbocycles. The highest BCUT2D eigenvalue weighted by Crippen LogP contribution is 2.24. The molecule has 0 saturated heterocycles. The van der Waals surface area contributed by atoms with Crippen LogP contribution in [0.3, 0.4) is 0 Å². The number of hydrogen-bond acceptors (Lipinski definition) is 3. The van der Waals surface area contributed by atoms with Crippen molar-refractivity contribution in [2.24, 2.45) is 0 Å². The Balaban J connectivity index is 2.46. The minimum Gasteiger partial charge on any atom is -0.477 e. The molecule has 1 heterocycles. The van der Waals surface area contributed by atoms with Gasteiger partial charge in [-0.3, -0.25) is 5.10 Å². The molecule has 0 aliphatic rings. The number of halogens is 1. The number of aromatic amines is 1. The van der Waals surface area contributed by atoms with E-state index in [2.05, 4.69) is 26.1 Å². The first-order valence-electron chi connectivity index (χ1n) is 5.26. The fourth-order valence-corrected chi connectivity index (χ4v) is 1.81. The molecule has 0 amide bonds. The molecule has 0 fully saturated rings. The van der Waals surface area contributed by atoms with Crippen molar-refractivity contribution >= 4 is 28.0 Å². The number of hydrogen-bond donors (Lipinski definition) is 2. The van der Waals surface area contributed by atoms with Gasteiger partial charge in [-0.25, -0.2) is 4.79 Å². The van der Waals surface area contributed by atoms with Gasteiger partial charge < -0.3 is 5.11 Å². The molecule has 0 unspecified atom stereocenters. The lowest BCUT2D eigenvalue weighted by molar-refractivity contribution is -0.132. The number of nitrogens with one attached hydrogen (secondary N) is 1. The van der Waals surface area contributed by atoms with E-state index in [1.54, 1.807) is 6.07 Å². The van der Waals surface area contributed by atoms with Gasteiger partial charge in [0.1, 0.15) is 11.6 Å². The van der Waals surface area contributed by atoms with Crippen LogP contribution in [0, 0.1) is 11.3 Å². The van der Waals surface area contributed by atoms with Gasteiger partial charge in [0.2, 0.25) is 0 Å². The van der Waals surface area contributed by atoms with E-state index in [1.807, 2.05) is 24.3 Å². The number of carbonyl (C=O) groups is 1. The zero-order valence-corrected chi connectivity index (χ0v) is 11.2. The van der Waals surface area contributed by atoms with Gasteiger partial charge >= 0.3 is 5.97 Å². The van der Waals surface area contributed by atoms with Crippen molar-refractivity contribution in [1.82, 2.24) is 10.2 Å². The number of aromatic nitrogens is 2. The molecule has 2 N–H and O–H groups in total. The van der Waals surface area contributed by atoms with Gasteiger partial charge in [-0.15, -0.1) is 0 Å². The highest BCUT2D eigenvalue weighted by atomic mass is 79.9. The zero-order valence-electron chi connectivity index (χ0n) is 9.59. The van der Waals surface area contributed by atoms with Crippen molar-refractivity contribution in [3.05, 3.63) is 46.1 Å². The van der Waals surface area contributed by atoms with Crippen LogP contribution in [0.1, 0.15) is 5.56 Å². The lowest BCUT2D eigenvalue weighted by Crippen LogP contribution is -1.97. The Bertz CT molecular complexity index is 681. The summed E-state index contributed by atoms with van der Waals surface area (Å²) in [6, 6.07) is 9.10. The van der Waals surface area contributed by atoms with Crippen molar-refractivity contribution in [2.75, 3.05) is 0 Å². The van der Waals surface area contributed by atoms with Crippen LogP contribution in [0.25, 0.3) is 17.3 Å². The third-order valence-corrected chi connectivity index (χ3v) is 2.98. The van der Waals surface area contributed by atoms with Gasteiger partial charge in [0.15, 0.2) is 0 Å². The lowest BCUT2D eigenvalue weighted by Gasteiger charge is -2.00. The molecular weight excluding hydrogens is 310 g/mol. The molecule has 6 heteroatoms. The van der Waals surface area contributed by atoms with Crippen LogP contribution in [-0.4, -0.2) is 21.3 Å². The number of aliphatic carboxylic acids is 1. The molecule has 2 rings (SSSR count). The predicted molar refractivity (Wildman–Crippen MR) is 72.9 cm³/mol. The van der Waals surface area contributed by atoms with Crippen molar-refractivity contribution in [3.8, 4) is 17.3 Å². The quantitative estimate of drug-likeness (QED) is 0.672. The number of carboxylic acid groups (broad SMARTS) is 1. The third kappa shape index (κ3) is 2.89. The Hall–Kier alpha value is -2.39. The summed E-state index contributed by atoms with van der Waals surface area (Å²) in [7, 11) is 0. The van der Waals surface area contributed by atoms with Gasteiger partial charge in [0.25, 0.3) is 0 Å². The standard InChI is InChI=1S/C13H8BrN3O2/c14-11-3-1-8(2-4-11)12-10(7-16-17-12)5-9(6-15)13(18)19/h1-5,7H,(H,16,17)(H,18,19)/b9-5-. The average molecular weight is 318 g/mol. The molecule has 94 valence electrons. The van der Waals surface area contributed by atoms with Gasteiger partial charge in [-0.05, 0) is 18.2 Å². The number of nitrogens with zero attached hydrogens (tertiary/aromatic N) is 2. The monoisotopic (exact) mass is 317 g/mol. The van der Waals surface area contributed by atoms with Crippen molar-refractivity contribution in [1.29, 1.82) is 5.26 Å². The van der Waals surface area contributed by atoms with Crippen LogP contribution >= 0.6 is 15.9 Å². The Morgan fingerprint density at radius 3 is 2.68 bits per heavy atom. The number of nitriles is 1. The van der Waals surface area contributed by atoms with Crippen LogP contribution < -0.4 is 0 Å². The van der Waals surface area contributed by atoms with E-state index in [9.17, 15) is 4.79 Å². The van der Waals surface area contributed by atoms with Crippen LogP contribution in [-0.2, 0) is 4.79 Å². The summed E-state index contributed by atoms with van der Waals surface area (Å²) >= 11 is 3.34. The van der Waals surface area contributed by atoms with E-state index in [4.69, 9.17) is 10.4 Å². The zero-order chi connectivity index (χ0) is 13.8. The predicted octanol–water partition coefficient (Wildman–Crippen LogP) is 2.83. The summed E-state index contributed by atoms with van der Waals surface area (Å²) in [5.41, 5.74) is 1.75. The molecule has 5 nitrogen and oxygen atoms in total. The fourth-order valence-electron chi connectivity index (χ4n) is 1.55. The molecule has 19 heavy (non-hydrogen) atoms. The molecule has 1 aromatic carbocycles. The Labute approximate surface area is 117 Å². The number of H-pyrrole nitrogens is 1. The molecule has 0 aliphatic heterocycles. The van der Waals surface area contributed by atoms with E-state index < -0.39 is 5.97 Å². The van der Waals surface area contributed by atoms with Crippen molar-refractivity contribution < 1.29 is 9.90 Å². The second-order valence-corrected chi connectivity index (χ2v) is 4.60. The number of carboxylic acids is 1. The summed E-state index contributed by atoms with van der Waals surface area (Å²) in [6.45, 7) is 0. The molecule has 0 bridgehead atoms. The van der Waals surface area contributed by atoms with Gasteiger partial charge in [-0.1, -0.05) is 28.1 Å². The van der Waals surface area contributed by atoms with Crippen LogP contribution in [0.15, 0.2) is 40.5 Å². The first kappa shape index (κ1) is 13.1. The molecule has 2 aromatic rings. The Kier molecular flexibility index (Phi) is 3.78. The summed E-state index contributed by atoms with van der Waals surface area (Å²) in [6.07, 6.45) is 2.78. The molecule has 1 aromatic heterocycles. The maximum atomic E-state index is 10.8. The summed E-state index contributed by atoms with van der Waals surface area (Å²) in [5, 5.41) is 24.3. The van der Waals surface area contributed by atoms with Gasteiger partial charge in [0.05, 0.1) is 11.9 Å². The van der Waals surface area contributed by atoms with E-state index in [-0.39, 0.29) is 5.57 Å². The van der Waals surface area contributed by atoms with Crippen molar-refractivity contribution in [2.45, 2.75) is 0 Å². The van der Waals surface area contributed by atoms with Crippen LogP contribution in [0.5, 0.6) is 0 Å². The van der Waals surface area contributed by atoms with Crippen molar-refractivity contribution in [3.63, 3.8) is 0 Å². The van der Waals surface area contributed by atoms with Gasteiger partial charge in [0, 0.05) is 15.6 Å². The van der Waals surface area contributed by atoms with Gasteiger partial charge in [-0.2, -0.15) is 10.4 Å². The SMILES string of the molecule is N#C/C(=C/c1cn[nH]c1-c1ccc(Br)cc1)C(=O)O. The lowest BCUT2D eigenvalue weighted by atomic mass is 10.1. The molecule has 0 atom stereocenters. The maximum Gasteiger partial charge on any atom is 0.346 e. The molecular formula is C13H8BrN3O2. The first-order chi connectivity index (χ1) is 9.11. The topological polar surface area (TPSA) is 89.8 Å². The second kappa shape index (κ2) is 5.50. The number of benzene rings is 1. The fraction of sp³-hybridized carbons (Fsp3) is 0. The number of rotatable bonds is 3. The largest absolute Gasteiger partial charge is 0.477 e. The normalized spacial score (nSPS) is 11.1. The third-order valence-electron chi connectivity index (χ3n) is 2.45. The summed E-state index contributed by atoms with van der Waals surface area (Å²) < 4.78 is 0.941. The van der Waals surface area contributed by atoms with E-state index in [1.165, 1.54) is 12.3 Å². The molecule has 0 spiro atoms. The smallest absolute Gasteiger partial charge is 0.346 e. The minimum atomic E-state index is -1.26. The van der Waals surface area contributed by atoms with E-state index in [0.717, 1.165) is 10.0 Å². The molecule has 0 radical (unpaired) electrons. The Morgan fingerprint density at radius 1 is 1.42 bits per heavy atom. The summed E-state index contributed by atoms with van der Waals surface area (Å²) in [5.74, 6) is -1.26. The molecule has 0 saturated carbocycles. The minimum absolute atomic E-state index is 0.334. The van der Waals surface area contributed by atoms with Crippen LogP contribution in [0.2, 0.25) is 0 Å². The Morgan fingerprint density at radius 2 is 2.11 bits per heavy atom. The average Bonchev–Trinajstić information content (AvgIpc) is 2.84.